The molecule has 0 unspecified atom stereocenters. The number of amides is 1. The first-order valence-corrected chi connectivity index (χ1v) is 12.0. The van der Waals surface area contributed by atoms with Gasteiger partial charge in [0, 0.05) is 22.7 Å². The first-order valence-electron chi connectivity index (χ1n) is 11.6. The predicted octanol–water partition coefficient (Wildman–Crippen LogP) is 5.34. The minimum atomic E-state index is 0.0255. The molecule has 1 N–H and O–H groups in total. The molecule has 0 radical (unpaired) electrons. The molecule has 1 saturated heterocycles. The molecule has 1 aliphatic carbocycles. The number of hydrogen-bond donors (Lipinski definition) is 1. The summed E-state index contributed by atoms with van der Waals surface area (Å²) in [5.41, 5.74) is 2.08. The Labute approximate surface area is 190 Å². The first kappa shape index (κ1) is 22.2. The number of nitrogens with zero attached hydrogens (tertiary/aromatic N) is 1. The lowest BCUT2D eigenvalue weighted by Gasteiger charge is -2.38. The van der Waals surface area contributed by atoms with Gasteiger partial charge in [-0.15, -0.1) is 0 Å². The summed E-state index contributed by atoms with van der Waals surface area (Å²) >= 11 is 6.01. The fourth-order valence-corrected chi connectivity index (χ4v) is 5.24. The van der Waals surface area contributed by atoms with E-state index in [9.17, 15) is 4.79 Å². The van der Waals surface area contributed by atoms with Crippen LogP contribution >= 0.6 is 11.6 Å². The van der Waals surface area contributed by atoms with E-state index in [1.54, 1.807) is 0 Å². The van der Waals surface area contributed by atoms with E-state index in [0.29, 0.717) is 18.2 Å². The van der Waals surface area contributed by atoms with Gasteiger partial charge >= 0.3 is 0 Å². The van der Waals surface area contributed by atoms with E-state index >= 15 is 0 Å². The molecule has 166 valence electrons. The second kappa shape index (κ2) is 10.5. The molecule has 5 heteroatoms. The third-order valence-corrected chi connectivity index (χ3v) is 7.03. The molecule has 0 bridgehead atoms. The molecule has 1 heterocycles. The number of carbonyl (C=O) groups is 1. The van der Waals surface area contributed by atoms with Crippen LogP contribution in [-0.4, -0.2) is 42.6 Å². The zero-order chi connectivity index (χ0) is 21.6. The summed E-state index contributed by atoms with van der Waals surface area (Å²) < 4.78 is 5.48. The van der Waals surface area contributed by atoms with E-state index in [4.69, 9.17) is 16.3 Å². The van der Waals surface area contributed by atoms with Crippen molar-refractivity contribution < 1.29 is 9.53 Å². The lowest BCUT2D eigenvalue weighted by atomic mass is 9.89. The van der Waals surface area contributed by atoms with Crippen molar-refractivity contribution in [2.75, 3.05) is 19.7 Å². The number of nitrogens with one attached hydrogen (secondary N) is 1. The molecule has 2 aromatic carbocycles. The average Bonchev–Trinajstić information content (AvgIpc) is 3.25. The van der Waals surface area contributed by atoms with Crippen LogP contribution in [0, 0.1) is 5.92 Å². The maximum absolute atomic E-state index is 12.8. The molecular weight excluding hydrogens is 408 g/mol. The zero-order valence-corrected chi connectivity index (χ0v) is 19.1. The standard InChI is InChI=1S/C26H33ClN2O2/c1-2-31-23-12-8-21(9-13-23)26(30)28-24-4-3-5-25(24)29-16-14-20(15-17-29)18-19-6-10-22(27)11-7-19/h6-13,20,24-25H,2-5,14-18H2,1H3,(H,28,30)/t24-,25-/m1/s1. The van der Waals surface area contributed by atoms with Crippen molar-refractivity contribution in [1.29, 1.82) is 0 Å². The van der Waals surface area contributed by atoms with Gasteiger partial charge in [-0.05, 0) is 106 Å². The Morgan fingerprint density at radius 1 is 1.03 bits per heavy atom. The molecule has 4 nitrogen and oxygen atoms in total. The number of halogens is 1. The topological polar surface area (TPSA) is 41.6 Å². The van der Waals surface area contributed by atoms with Crippen LogP contribution in [-0.2, 0) is 6.42 Å². The number of benzene rings is 2. The number of rotatable bonds is 7. The molecule has 31 heavy (non-hydrogen) atoms. The monoisotopic (exact) mass is 440 g/mol. The van der Waals surface area contributed by atoms with E-state index in [1.165, 1.54) is 31.2 Å². The SMILES string of the molecule is CCOc1ccc(C(=O)N[C@@H]2CCC[C@H]2N2CCC(Cc3ccc(Cl)cc3)CC2)cc1. The van der Waals surface area contributed by atoms with Gasteiger partial charge in [-0.2, -0.15) is 0 Å². The van der Waals surface area contributed by atoms with Gasteiger partial charge in [0.15, 0.2) is 0 Å². The third-order valence-electron chi connectivity index (χ3n) is 6.78. The van der Waals surface area contributed by atoms with Crippen LogP contribution in [0.5, 0.6) is 5.75 Å². The summed E-state index contributed by atoms with van der Waals surface area (Å²) in [6, 6.07) is 16.4. The highest BCUT2D eigenvalue weighted by Crippen LogP contribution is 2.30. The lowest BCUT2D eigenvalue weighted by molar-refractivity contribution is 0.0862. The number of piperidine rings is 1. The Kier molecular flexibility index (Phi) is 7.52. The second-order valence-electron chi connectivity index (χ2n) is 8.85. The summed E-state index contributed by atoms with van der Waals surface area (Å²) in [5.74, 6) is 1.56. The smallest absolute Gasteiger partial charge is 0.251 e. The van der Waals surface area contributed by atoms with E-state index in [0.717, 1.165) is 42.6 Å². The van der Waals surface area contributed by atoms with Gasteiger partial charge in [-0.25, -0.2) is 0 Å². The molecule has 2 fully saturated rings. The largest absolute Gasteiger partial charge is 0.494 e. The molecule has 0 spiro atoms. The van der Waals surface area contributed by atoms with Gasteiger partial charge < -0.3 is 10.1 Å². The van der Waals surface area contributed by atoms with Crippen LogP contribution in [0.4, 0.5) is 0 Å². The quantitative estimate of drug-likeness (QED) is 0.631. The Bertz CT molecular complexity index is 845. The summed E-state index contributed by atoms with van der Waals surface area (Å²) in [6.07, 6.45) is 7.00. The van der Waals surface area contributed by atoms with Crippen LogP contribution in [0.2, 0.25) is 5.02 Å². The molecule has 1 amide bonds. The minimum absolute atomic E-state index is 0.0255. The van der Waals surface area contributed by atoms with Crippen molar-refractivity contribution in [3.63, 3.8) is 0 Å². The van der Waals surface area contributed by atoms with E-state index in [2.05, 4.69) is 22.3 Å². The van der Waals surface area contributed by atoms with E-state index < -0.39 is 0 Å². The molecular formula is C26H33ClN2O2. The van der Waals surface area contributed by atoms with Gasteiger partial charge in [0.2, 0.25) is 0 Å². The molecule has 1 saturated carbocycles. The maximum Gasteiger partial charge on any atom is 0.251 e. The van der Waals surface area contributed by atoms with Gasteiger partial charge in [-0.1, -0.05) is 23.7 Å². The molecule has 2 aromatic rings. The number of likely N-dealkylation sites (tertiary alicyclic amines) is 1. The third kappa shape index (κ3) is 5.81. The van der Waals surface area contributed by atoms with Crippen LogP contribution in [0.3, 0.4) is 0 Å². The van der Waals surface area contributed by atoms with Gasteiger partial charge in [-0.3, -0.25) is 9.69 Å². The lowest BCUT2D eigenvalue weighted by Crippen LogP contribution is -2.51. The zero-order valence-electron chi connectivity index (χ0n) is 18.4. The van der Waals surface area contributed by atoms with Crippen molar-refractivity contribution >= 4 is 17.5 Å². The second-order valence-corrected chi connectivity index (χ2v) is 9.28. The summed E-state index contributed by atoms with van der Waals surface area (Å²) in [4.78, 5) is 15.4. The molecule has 2 aliphatic rings. The first-order chi connectivity index (χ1) is 15.1. The van der Waals surface area contributed by atoms with Gasteiger partial charge in [0.05, 0.1) is 6.61 Å². The fraction of sp³-hybridized carbons (Fsp3) is 0.500. The highest BCUT2D eigenvalue weighted by molar-refractivity contribution is 6.30. The van der Waals surface area contributed by atoms with Gasteiger partial charge in [0.25, 0.3) is 5.91 Å². The predicted molar refractivity (Wildman–Crippen MR) is 126 cm³/mol. The van der Waals surface area contributed by atoms with Gasteiger partial charge in [0.1, 0.15) is 5.75 Å². The Morgan fingerprint density at radius 2 is 1.74 bits per heavy atom. The van der Waals surface area contributed by atoms with Crippen molar-refractivity contribution in [2.24, 2.45) is 5.92 Å². The molecule has 0 aromatic heterocycles. The molecule has 2 atom stereocenters. The minimum Gasteiger partial charge on any atom is -0.494 e. The Morgan fingerprint density at radius 3 is 2.42 bits per heavy atom. The summed E-state index contributed by atoms with van der Waals surface area (Å²) in [5, 5.41) is 4.12. The molecule has 4 rings (SSSR count). The van der Waals surface area contributed by atoms with Crippen LogP contribution in [0.25, 0.3) is 0 Å². The Hall–Kier alpha value is -2.04. The van der Waals surface area contributed by atoms with Crippen LogP contribution in [0.1, 0.15) is 54.9 Å². The highest BCUT2D eigenvalue weighted by atomic mass is 35.5. The average molecular weight is 441 g/mol. The fourth-order valence-electron chi connectivity index (χ4n) is 5.11. The molecule has 1 aliphatic heterocycles. The van der Waals surface area contributed by atoms with Crippen molar-refractivity contribution in [3.05, 3.63) is 64.7 Å². The Balaban J connectivity index is 1.28. The van der Waals surface area contributed by atoms with E-state index in [1.807, 2.05) is 43.3 Å². The highest BCUT2D eigenvalue weighted by Gasteiger charge is 2.35. The number of carbonyl (C=O) groups excluding carboxylic acids is 1. The van der Waals surface area contributed by atoms with E-state index in [-0.39, 0.29) is 11.9 Å². The van der Waals surface area contributed by atoms with Crippen molar-refractivity contribution in [3.8, 4) is 5.75 Å². The van der Waals surface area contributed by atoms with Crippen molar-refractivity contribution in [2.45, 2.75) is 57.5 Å². The van der Waals surface area contributed by atoms with Crippen LogP contribution in [0.15, 0.2) is 48.5 Å². The number of ether oxygens (including phenoxy) is 1. The van der Waals surface area contributed by atoms with Crippen molar-refractivity contribution in [1.82, 2.24) is 10.2 Å². The van der Waals surface area contributed by atoms with Crippen LogP contribution < -0.4 is 10.1 Å². The normalized spacial score (nSPS) is 22.4. The summed E-state index contributed by atoms with van der Waals surface area (Å²) in [6.45, 7) is 4.84. The maximum atomic E-state index is 12.8. The summed E-state index contributed by atoms with van der Waals surface area (Å²) in [7, 11) is 0. The number of hydrogen-bond acceptors (Lipinski definition) is 3.